The largest absolute Gasteiger partial charge is 0.352 e. The van der Waals surface area contributed by atoms with Gasteiger partial charge in [0.1, 0.15) is 12.6 Å². The van der Waals surface area contributed by atoms with Crippen LogP contribution in [0.3, 0.4) is 0 Å². The zero-order valence-electron chi connectivity index (χ0n) is 25.4. The number of hydrogen-bond donors (Lipinski definition) is 1. The number of hydrogen-bond acceptors (Lipinski definition) is 4. The van der Waals surface area contributed by atoms with Crippen LogP contribution in [0.1, 0.15) is 36.1 Å². The van der Waals surface area contributed by atoms with Crippen molar-refractivity contribution in [2.45, 2.75) is 57.6 Å². The second-order valence-electron chi connectivity index (χ2n) is 11.2. The lowest BCUT2D eigenvalue weighted by molar-refractivity contribution is -0.140. The highest BCUT2D eigenvalue weighted by Crippen LogP contribution is 2.27. The average Bonchev–Trinajstić information content (AvgIpc) is 2.99. The van der Waals surface area contributed by atoms with Crippen molar-refractivity contribution in [1.29, 1.82) is 0 Å². The van der Waals surface area contributed by atoms with E-state index in [-0.39, 0.29) is 29.8 Å². The van der Waals surface area contributed by atoms with Gasteiger partial charge in [0.15, 0.2) is 0 Å². The Labute approximate surface area is 269 Å². The Kier molecular flexibility index (Phi) is 11.0. The Morgan fingerprint density at radius 2 is 1.34 bits per heavy atom. The van der Waals surface area contributed by atoms with Crippen molar-refractivity contribution in [2.24, 2.45) is 0 Å². The van der Waals surface area contributed by atoms with Crippen molar-refractivity contribution in [2.75, 3.05) is 10.8 Å². The standard InChI is InChI=1S/C35H38BrN3O4S/c1-25(2)37-35(41)33(22-28-8-6-5-7-9-28)38(23-29-14-10-26(3)11-15-29)34(40)24-39(31-18-16-30(36)17-19-31)44(42,43)32-20-12-27(4)13-21-32/h5-21,25,33H,22-24H2,1-4H3,(H,37,41)/t33-/m1/s1. The smallest absolute Gasteiger partial charge is 0.264 e. The van der Waals surface area contributed by atoms with E-state index >= 15 is 0 Å². The van der Waals surface area contributed by atoms with Gasteiger partial charge in [-0.2, -0.15) is 0 Å². The molecule has 9 heteroatoms. The molecule has 0 aliphatic carbocycles. The predicted octanol–water partition coefficient (Wildman–Crippen LogP) is 6.43. The van der Waals surface area contributed by atoms with Crippen LogP contribution in [0.5, 0.6) is 0 Å². The van der Waals surface area contributed by atoms with Crippen LogP contribution in [0.2, 0.25) is 0 Å². The first-order chi connectivity index (χ1) is 20.9. The van der Waals surface area contributed by atoms with Gasteiger partial charge in [0, 0.05) is 23.5 Å². The van der Waals surface area contributed by atoms with Crippen molar-refractivity contribution in [3.63, 3.8) is 0 Å². The third-order valence-electron chi connectivity index (χ3n) is 7.18. The number of carbonyl (C=O) groups excluding carboxylic acids is 2. The SMILES string of the molecule is Cc1ccc(CN(C(=O)CN(c2ccc(Br)cc2)S(=O)(=O)c2ccc(C)cc2)[C@H](Cc2ccccc2)C(=O)NC(C)C)cc1. The Morgan fingerprint density at radius 1 is 0.773 bits per heavy atom. The molecular weight excluding hydrogens is 638 g/mol. The minimum absolute atomic E-state index is 0.0716. The number of aryl methyl sites for hydroxylation is 2. The van der Waals surface area contributed by atoms with Gasteiger partial charge in [-0.3, -0.25) is 13.9 Å². The summed E-state index contributed by atoms with van der Waals surface area (Å²) in [6.07, 6.45) is 0.264. The molecule has 0 saturated heterocycles. The maximum Gasteiger partial charge on any atom is 0.264 e. The number of sulfonamides is 1. The number of anilines is 1. The van der Waals surface area contributed by atoms with Crippen molar-refractivity contribution in [3.05, 3.63) is 130 Å². The highest BCUT2D eigenvalue weighted by Gasteiger charge is 2.34. The second kappa shape index (κ2) is 14.7. The van der Waals surface area contributed by atoms with E-state index < -0.39 is 28.5 Å². The van der Waals surface area contributed by atoms with Crippen LogP contribution in [-0.4, -0.2) is 43.8 Å². The van der Waals surface area contributed by atoms with E-state index in [0.29, 0.717) is 5.69 Å². The summed E-state index contributed by atoms with van der Waals surface area (Å²) in [6, 6.07) is 29.5. The quantitative estimate of drug-likeness (QED) is 0.188. The summed E-state index contributed by atoms with van der Waals surface area (Å²) in [7, 11) is -4.14. The molecular formula is C35H38BrN3O4S. The van der Waals surface area contributed by atoms with Gasteiger partial charge in [-0.15, -0.1) is 0 Å². The molecule has 0 radical (unpaired) electrons. The molecule has 1 N–H and O–H groups in total. The van der Waals surface area contributed by atoms with Crippen LogP contribution < -0.4 is 9.62 Å². The van der Waals surface area contributed by atoms with E-state index in [9.17, 15) is 18.0 Å². The van der Waals surface area contributed by atoms with Gasteiger partial charge in [-0.05, 0) is 75.2 Å². The Hall–Kier alpha value is -3.95. The van der Waals surface area contributed by atoms with Crippen LogP contribution in [0.4, 0.5) is 5.69 Å². The van der Waals surface area contributed by atoms with Gasteiger partial charge in [0.2, 0.25) is 11.8 Å². The minimum Gasteiger partial charge on any atom is -0.352 e. The van der Waals surface area contributed by atoms with Crippen LogP contribution in [0.15, 0.2) is 112 Å². The topological polar surface area (TPSA) is 86.8 Å². The number of nitrogens with zero attached hydrogens (tertiary/aromatic N) is 2. The fourth-order valence-electron chi connectivity index (χ4n) is 4.80. The zero-order chi connectivity index (χ0) is 31.9. The van der Waals surface area contributed by atoms with E-state index in [4.69, 9.17) is 0 Å². The molecule has 7 nitrogen and oxygen atoms in total. The maximum absolute atomic E-state index is 14.4. The Balaban J connectivity index is 1.79. The fourth-order valence-corrected chi connectivity index (χ4v) is 6.48. The first-order valence-electron chi connectivity index (χ1n) is 14.5. The van der Waals surface area contributed by atoms with Crippen LogP contribution in [0.25, 0.3) is 0 Å². The first kappa shape index (κ1) is 33.0. The highest BCUT2D eigenvalue weighted by atomic mass is 79.9. The van der Waals surface area contributed by atoms with Gasteiger partial charge < -0.3 is 10.2 Å². The molecule has 0 fully saturated rings. The zero-order valence-corrected chi connectivity index (χ0v) is 27.8. The number of rotatable bonds is 12. The van der Waals surface area contributed by atoms with Crippen molar-refractivity contribution < 1.29 is 18.0 Å². The summed E-state index contributed by atoms with van der Waals surface area (Å²) < 4.78 is 30.1. The monoisotopic (exact) mass is 675 g/mol. The van der Waals surface area contributed by atoms with Crippen LogP contribution >= 0.6 is 15.9 Å². The lowest BCUT2D eigenvalue weighted by atomic mass is 10.0. The van der Waals surface area contributed by atoms with E-state index in [1.807, 2.05) is 82.3 Å². The van der Waals surface area contributed by atoms with Gasteiger partial charge in [0.25, 0.3) is 10.0 Å². The molecule has 0 unspecified atom stereocenters. The normalized spacial score (nSPS) is 12.0. The molecule has 0 aliphatic heterocycles. The molecule has 0 saturated carbocycles. The molecule has 1 atom stereocenters. The Morgan fingerprint density at radius 3 is 1.91 bits per heavy atom. The second-order valence-corrected chi connectivity index (χ2v) is 14.0. The summed E-state index contributed by atoms with van der Waals surface area (Å²) in [5.41, 5.74) is 4.03. The molecule has 0 aliphatic rings. The van der Waals surface area contributed by atoms with Crippen LogP contribution in [-0.2, 0) is 32.6 Å². The molecule has 230 valence electrons. The third kappa shape index (κ3) is 8.57. The molecule has 0 spiro atoms. The van der Waals surface area contributed by atoms with E-state index in [2.05, 4.69) is 21.2 Å². The third-order valence-corrected chi connectivity index (χ3v) is 9.49. The molecule has 4 aromatic carbocycles. The fraction of sp³-hybridized carbons (Fsp3) is 0.257. The molecule has 44 heavy (non-hydrogen) atoms. The summed E-state index contributed by atoms with van der Waals surface area (Å²) >= 11 is 3.41. The van der Waals surface area contributed by atoms with Crippen molar-refractivity contribution >= 4 is 43.5 Å². The number of halogens is 1. The lowest BCUT2D eigenvalue weighted by Crippen LogP contribution is -2.54. The van der Waals surface area contributed by atoms with Gasteiger partial charge in [-0.25, -0.2) is 8.42 Å². The van der Waals surface area contributed by atoms with E-state index in [0.717, 1.165) is 31.0 Å². The summed E-state index contributed by atoms with van der Waals surface area (Å²) in [5, 5.41) is 2.98. The number of nitrogens with one attached hydrogen (secondary N) is 1. The summed E-state index contributed by atoms with van der Waals surface area (Å²) in [5.74, 6) is -0.801. The molecule has 0 bridgehead atoms. The number of carbonyl (C=O) groups is 2. The van der Waals surface area contributed by atoms with Crippen molar-refractivity contribution in [1.82, 2.24) is 10.2 Å². The molecule has 2 amide bonds. The highest BCUT2D eigenvalue weighted by molar-refractivity contribution is 9.10. The van der Waals surface area contributed by atoms with Crippen LogP contribution in [0, 0.1) is 13.8 Å². The van der Waals surface area contributed by atoms with E-state index in [1.165, 1.54) is 4.90 Å². The van der Waals surface area contributed by atoms with Gasteiger partial charge in [-0.1, -0.05) is 93.8 Å². The number of amides is 2. The molecule has 4 aromatic rings. The average molecular weight is 677 g/mol. The predicted molar refractivity (Wildman–Crippen MR) is 179 cm³/mol. The Bertz CT molecular complexity index is 1660. The summed E-state index contributed by atoms with van der Waals surface area (Å²) in [4.78, 5) is 29.8. The summed E-state index contributed by atoms with van der Waals surface area (Å²) in [6.45, 7) is 7.22. The van der Waals surface area contributed by atoms with Crippen molar-refractivity contribution in [3.8, 4) is 0 Å². The molecule has 0 aromatic heterocycles. The maximum atomic E-state index is 14.4. The first-order valence-corrected chi connectivity index (χ1v) is 16.7. The lowest BCUT2D eigenvalue weighted by Gasteiger charge is -2.34. The molecule has 0 heterocycles. The minimum atomic E-state index is -4.14. The van der Waals surface area contributed by atoms with Gasteiger partial charge in [0.05, 0.1) is 10.6 Å². The molecule has 4 rings (SSSR count). The van der Waals surface area contributed by atoms with E-state index in [1.54, 1.807) is 48.5 Å². The van der Waals surface area contributed by atoms with Gasteiger partial charge >= 0.3 is 0 Å². The number of benzene rings is 4.